The van der Waals surface area contributed by atoms with Crippen LogP contribution in [0.2, 0.25) is 0 Å². The number of hydrogen-bond acceptors (Lipinski definition) is 7. The van der Waals surface area contributed by atoms with Crippen molar-refractivity contribution < 1.29 is 9.59 Å². The van der Waals surface area contributed by atoms with E-state index in [0.29, 0.717) is 21.0 Å². The molecular weight excluding hydrogens is 328 g/mol. The van der Waals surface area contributed by atoms with E-state index in [2.05, 4.69) is 26.8 Å². The van der Waals surface area contributed by atoms with Crippen molar-refractivity contribution in [2.45, 2.75) is 22.0 Å². The Morgan fingerprint density at radius 3 is 2.29 bits per heavy atom. The fourth-order valence-electron chi connectivity index (χ4n) is 1.08. The molecule has 114 valence electrons. The summed E-state index contributed by atoms with van der Waals surface area (Å²) in [7, 11) is 0. The van der Waals surface area contributed by atoms with Gasteiger partial charge in [-0.25, -0.2) is 0 Å². The zero-order valence-corrected chi connectivity index (χ0v) is 14.0. The number of carbonyl (C=O) groups excluding carboxylic acids is 2. The van der Waals surface area contributed by atoms with Gasteiger partial charge in [0, 0.05) is 6.54 Å². The van der Waals surface area contributed by atoms with Crippen molar-refractivity contribution in [1.29, 1.82) is 0 Å². The second-order valence-electron chi connectivity index (χ2n) is 3.74. The Bertz CT molecular complexity index is 513. The van der Waals surface area contributed by atoms with Crippen molar-refractivity contribution in [3.05, 3.63) is 0 Å². The van der Waals surface area contributed by atoms with Crippen LogP contribution in [-0.4, -0.2) is 46.6 Å². The molecule has 21 heavy (non-hydrogen) atoms. The van der Waals surface area contributed by atoms with Gasteiger partial charge in [0.1, 0.15) is 0 Å². The Kier molecular flexibility index (Phi) is 8.89. The number of thioether (sulfide) groups is 2. The minimum absolute atomic E-state index is 0.0140. The lowest BCUT2D eigenvalue weighted by Crippen LogP contribution is -2.25. The third-order valence-electron chi connectivity index (χ3n) is 2.00. The van der Waals surface area contributed by atoms with Gasteiger partial charge in [-0.1, -0.05) is 47.7 Å². The summed E-state index contributed by atoms with van der Waals surface area (Å²) in [6, 6.07) is 0. The first-order valence-corrected chi connectivity index (χ1v) is 9.00. The Hall–Kier alpha value is -1.24. The molecule has 0 saturated heterocycles. The summed E-state index contributed by atoms with van der Waals surface area (Å²) in [6.45, 7) is 2.91. The summed E-state index contributed by atoms with van der Waals surface area (Å²) in [5.41, 5.74) is 0. The van der Waals surface area contributed by atoms with Gasteiger partial charge in [0.05, 0.1) is 18.1 Å². The van der Waals surface area contributed by atoms with E-state index in [1.807, 2.05) is 6.92 Å². The zero-order valence-electron chi connectivity index (χ0n) is 11.5. The van der Waals surface area contributed by atoms with E-state index in [0.717, 1.165) is 6.42 Å². The second-order valence-corrected chi connectivity index (χ2v) is 7.16. The molecule has 0 radical (unpaired) electrons. The molecule has 1 rings (SSSR count). The fraction of sp³-hybridized carbons (Fsp3) is 0.500. The number of nitrogens with zero attached hydrogens (tertiary/aromatic N) is 2. The van der Waals surface area contributed by atoms with Crippen molar-refractivity contribution in [1.82, 2.24) is 20.8 Å². The van der Waals surface area contributed by atoms with Crippen LogP contribution in [0.1, 0.15) is 13.3 Å². The third kappa shape index (κ3) is 7.94. The van der Waals surface area contributed by atoms with Gasteiger partial charge >= 0.3 is 0 Å². The van der Waals surface area contributed by atoms with Crippen LogP contribution in [-0.2, 0) is 9.59 Å². The second kappa shape index (κ2) is 10.5. The van der Waals surface area contributed by atoms with Crippen molar-refractivity contribution in [2.24, 2.45) is 0 Å². The minimum Gasteiger partial charge on any atom is -0.355 e. The first-order valence-electron chi connectivity index (χ1n) is 6.21. The fourth-order valence-corrected chi connectivity index (χ4v) is 3.76. The van der Waals surface area contributed by atoms with E-state index in [9.17, 15) is 9.59 Å². The summed E-state index contributed by atoms with van der Waals surface area (Å²) in [6.07, 6.45) is 5.96. The first kappa shape index (κ1) is 17.8. The number of nitrogens with one attached hydrogen (secondary N) is 2. The van der Waals surface area contributed by atoms with Crippen molar-refractivity contribution in [2.75, 3.05) is 24.6 Å². The molecule has 9 heteroatoms. The monoisotopic (exact) mass is 344 g/mol. The molecule has 0 saturated carbocycles. The molecule has 0 atom stereocenters. The van der Waals surface area contributed by atoms with Crippen LogP contribution in [0.4, 0.5) is 0 Å². The van der Waals surface area contributed by atoms with Gasteiger partial charge < -0.3 is 10.6 Å². The van der Waals surface area contributed by atoms with Gasteiger partial charge in [-0.05, 0) is 6.42 Å². The van der Waals surface area contributed by atoms with E-state index in [1.54, 1.807) is 0 Å². The molecule has 0 aliphatic carbocycles. The van der Waals surface area contributed by atoms with Crippen LogP contribution >= 0.6 is 34.9 Å². The van der Waals surface area contributed by atoms with Crippen LogP contribution in [0, 0.1) is 12.3 Å². The molecule has 2 N–H and O–H groups in total. The smallest absolute Gasteiger partial charge is 0.231 e. The highest BCUT2D eigenvalue weighted by molar-refractivity contribution is 8.03. The van der Waals surface area contributed by atoms with Gasteiger partial charge in [0.25, 0.3) is 0 Å². The van der Waals surface area contributed by atoms with E-state index in [-0.39, 0.29) is 24.1 Å². The highest BCUT2D eigenvalue weighted by Gasteiger charge is 2.09. The normalized spacial score (nSPS) is 9.90. The number of rotatable bonds is 9. The maximum Gasteiger partial charge on any atom is 0.231 e. The largest absolute Gasteiger partial charge is 0.355 e. The maximum atomic E-state index is 11.4. The van der Waals surface area contributed by atoms with Crippen molar-refractivity contribution in [3.63, 3.8) is 0 Å². The number of terminal acetylenes is 1. The Morgan fingerprint density at radius 2 is 1.76 bits per heavy atom. The lowest BCUT2D eigenvalue weighted by atomic mass is 10.5. The zero-order chi connectivity index (χ0) is 15.5. The predicted octanol–water partition coefficient (Wildman–Crippen LogP) is 0.998. The summed E-state index contributed by atoms with van der Waals surface area (Å²) in [4.78, 5) is 22.8. The predicted molar refractivity (Wildman–Crippen MR) is 86.5 cm³/mol. The average Bonchev–Trinajstić information content (AvgIpc) is 2.94. The molecule has 6 nitrogen and oxygen atoms in total. The molecule has 0 aliphatic heterocycles. The highest BCUT2D eigenvalue weighted by Crippen LogP contribution is 2.28. The van der Waals surface area contributed by atoms with Gasteiger partial charge in [-0.15, -0.1) is 16.6 Å². The highest BCUT2D eigenvalue weighted by atomic mass is 32.2. The quantitative estimate of drug-likeness (QED) is 0.514. The lowest BCUT2D eigenvalue weighted by molar-refractivity contribution is -0.119. The molecule has 1 aromatic heterocycles. The molecule has 0 spiro atoms. The lowest BCUT2D eigenvalue weighted by Gasteiger charge is -2.00. The molecule has 0 aliphatic rings. The van der Waals surface area contributed by atoms with Crippen LogP contribution in [0.3, 0.4) is 0 Å². The molecule has 0 aromatic carbocycles. The van der Waals surface area contributed by atoms with Crippen LogP contribution < -0.4 is 10.6 Å². The molecule has 2 amide bonds. The van der Waals surface area contributed by atoms with Crippen molar-refractivity contribution >= 4 is 46.7 Å². The number of aromatic nitrogens is 2. The van der Waals surface area contributed by atoms with Gasteiger partial charge in [-0.3, -0.25) is 9.59 Å². The summed E-state index contributed by atoms with van der Waals surface area (Å²) >= 11 is 4.01. The van der Waals surface area contributed by atoms with E-state index in [4.69, 9.17) is 6.42 Å². The van der Waals surface area contributed by atoms with Crippen LogP contribution in [0.25, 0.3) is 0 Å². The van der Waals surface area contributed by atoms with Gasteiger partial charge in [0.15, 0.2) is 8.68 Å². The van der Waals surface area contributed by atoms with Gasteiger partial charge in [0.2, 0.25) is 11.8 Å². The number of carbonyl (C=O) groups is 2. The minimum atomic E-state index is -0.138. The Balaban J connectivity index is 2.28. The average molecular weight is 344 g/mol. The molecular formula is C12H16N4O2S3. The number of hydrogen-bond donors (Lipinski definition) is 2. The van der Waals surface area contributed by atoms with E-state index in [1.165, 1.54) is 34.9 Å². The third-order valence-corrected chi connectivity index (χ3v) is 5.19. The van der Waals surface area contributed by atoms with Crippen molar-refractivity contribution in [3.8, 4) is 12.3 Å². The summed E-state index contributed by atoms with van der Waals surface area (Å²) in [5, 5.41) is 13.3. The first-order chi connectivity index (χ1) is 10.2. The SMILES string of the molecule is C#CCNC(=O)CSc1nnc(SCC(=O)NCCC)s1. The Morgan fingerprint density at radius 1 is 1.19 bits per heavy atom. The van der Waals surface area contributed by atoms with E-state index >= 15 is 0 Å². The molecule has 1 heterocycles. The van der Waals surface area contributed by atoms with Crippen LogP contribution in [0.5, 0.6) is 0 Å². The molecule has 1 aromatic rings. The molecule has 0 fully saturated rings. The topological polar surface area (TPSA) is 84.0 Å². The summed E-state index contributed by atoms with van der Waals surface area (Å²) < 4.78 is 1.41. The van der Waals surface area contributed by atoms with Gasteiger partial charge in [-0.2, -0.15) is 0 Å². The molecule has 0 bridgehead atoms. The van der Waals surface area contributed by atoms with E-state index < -0.39 is 0 Å². The van der Waals surface area contributed by atoms with Crippen LogP contribution in [0.15, 0.2) is 8.68 Å². The maximum absolute atomic E-state index is 11.4. The Labute approximate surface area is 136 Å². The number of amides is 2. The molecule has 0 unspecified atom stereocenters. The standard InChI is InChI=1S/C12H16N4O2S3/c1-3-5-13-9(17)7-19-11-15-16-12(21-11)20-8-10(18)14-6-4-2/h1H,4-8H2,2H3,(H,13,17)(H,14,18). The summed E-state index contributed by atoms with van der Waals surface area (Å²) in [5.74, 6) is 2.75.